The molecule has 1 heterocycles. The molecule has 106 valence electrons. The van der Waals surface area contributed by atoms with E-state index in [4.69, 9.17) is 33.4 Å². The van der Waals surface area contributed by atoms with Gasteiger partial charge in [0, 0.05) is 12.6 Å². The lowest BCUT2D eigenvalue weighted by atomic mass is 10.2. The average molecular weight is 378 g/mol. The molecule has 0 unspecified atom stereocenters. The standard InChI is InChI=1S/C13H11BrCl2N2O2/c1-18(6-8-2-3-11(14)20-8)13(19)7-4-9(15)12(17)10(16)5-7/h2-5H,6,17H2,1H3. The van der Waals surface area contributed by atoms with Crippen LogP contribution in [0.3, 0.4) is 0 Å². The third kappa shape index (κ3) is 3.29. The number of hydrogen-bond donors (Lipinski definition) is 1. The molecule has 0 radical (unpaired) electrons. The van der Waals surface area contributed by atoms with Gasteiger partial charge in [0.2, 0.25) is 0 Å². The van der Waals surface area contributed by atoms with Gasteiger partial charge in [0.25, 0.3) is 5.91 Å². The number of hydrogen-bond acceptors (Lipinski definition) is 3. The Labute approximate surface area is 134 Å². The third-order valence-electron chi connectivity index (χ3n) is 2.69. The first kappa shape index (κ1) is 15.2. The molecule has 1 amide bonds. The zero-order valence-electron chi connectivity index (χ0n) is 10.5. The van der Waals surface area contributed by atoms with Crippen LogP contribution < -0.4 is 5.73 Å². The van der Waals surface area contributed by atoms with Crippen LogP contribution in [-0.4, -0.2) is 17.9 Å². The predicted molar refractivity (Wildman–Crippen MR) is 83.1 cm³/mol. The first-order valence-corrected chi connectivity index (χ1v) is 7.17. The highest BCUT2D eigenvalue weighted by atomic mass is 79.9. The van der Waals surface area contributed by atoms with E-state index in [1.54, 1.807) is 19.2 Å². The Balaban J connectivity index is 2.18. The summed E-state index contributed by atoms with van der Waals surface area (Å²) in [6, 6.07) is 6.56. The van der Waals surface area contributed by atoms with Gasteiger partial charge in [-0.1, -0.05) is 23.2 Å². The molecule has 4 nitrogen and oxygen atoms in total. The lowest BCUT2D eigenvalue weighted by Crippen LogP contribution is -2.26. The molecule has 2 aromatic rings. The molecule has 0 saturated carbocycles. The van der Waals surface area contributed by atoms with Gasteiger partial charge in [0.05, 0.1) is 22.3 Å². The van der Waals surface area contributed by atoms with Crippen molar-refractivity contribution in [1.82, 2.24) is 4.90 Å². The van der Waals surface area contributed by atoms with Crippen molar-refractivity contribution >= 4 is 50.7 Å². The molecule has 20 heavy (non-hydrogen) atoms. The van der Waals surface area contributed by atoms with Gasteiger partial charge < -0.3 is 15.1 Å². The van der Waals surface area contributed by atoms with Crippen LogP contribution in [0.5, 0.6) is 0 Å². The quantitative estimate of drug-likeness (QED) is 0.815. The van der Waals surface area contributed by atoms with Crippen LogP contribution in [0.25, 0.3) is 0 Å². The Morgan fingerprint density at radius 3 is 2.45 bits per heavy atom. The maximum Gasteiger partial charge on any atom is 0.254 e. The van der Waals surface area contributed by atoms with E-state index in [2.05, 4.69) is 15.9 Å². The van der Waals surface area contributed by atoms with Crippen LogP contribution in [0.15, 0.2) is 33.4 Å². The maximum absolute atomic E-state index is 12.3. The Bertz CT molecular complexity index is 635. The van der Waals surface area contributed by atoms with Crippen LogP contribution in [0.2, 0.25) is 10.0 Å². The van der Waals surface area contributed by atoms with Gasteiger partial charge in [-0.2, -0.15) is 0 Å². The van der Waals surface area contributed by atoms with E-state index in [-0.39, 0.29) is 21.6 Å². The summed E-state index contributed by atoms with van der Waals surface area (Å²) in [7, 11) is 1.66. The molecule has 0 aliphatic carbocycles. The van der Waals surface area contributed by atoms with E-state index in [1.807, 2.05) is 0 Å². The average Bonchev–Trinajstić information content (AvgIpc) is 2.79. The molecule has 0 saturated heterocycles. The molecule has 2 N–H and O–H groups in total. The summed E-state index contributed by atoms with van der Waals surface area (Å²) in [5, 5.41) is 0.519. The van der Waals surface area contributed by atoms with Crippen molar-refractivity contribution in [1.29, 1.82) is 0 Å². The highest BCUT2D eigenvalue weighted by Gasteiger charge is 2.16. The summed E-state index contributed by atoms with van der Waals surface area (Å²) >= 11 is 15.1. The highest BCUT2D eigenvalue weighted by molar-refractivity contribution is 9.10. The SMILES string of the molecule is CN(Cc1ccc(Br)o1)C(=O)c1cc(Cl)c(N)c(Cl)c1. The van der Waals surface area contributed by atoms with Crippen molar-refractivity contribution in [3.8, 4) is 0 Å². The number of carbonyl (C=O) groups excluding carboxylic acids is 1. The Morgan fingerprint density at radius 2 is 1.95 bits per heavy atom. The molecule has 0 bridgehead atoms. The zero-order valence-corrected chi connectivity index (χ0v) is 13.6. The summed E-state index contributed by atoms with van der Waals surface area (Å²) in [6.45, 7) is 0.337. The minimum absolute atomic E-state index is 0.221. The number of amides is 1. The molecule has 1 aromatic heterocycles. The van der Waals surface area contributed by atoms with Crippen molar-refractivity contribution in [3.63, 3.8) is 0 Å². The number of nitrogens with zero attached hydrogens (tertiary/aromatic N) is 1. The summed E-state index contributed by atoms with van der Waals surface area (Å²) in [4.78, 5) is 13.8. The van der Waals surface area contributed by atoms with Gasteiger partial charge in [-0.3, -0.25) is 4.79 Å². The molecular formula is C13H11BrCl2N2O2. The summed E-state index contributed by atoms with van der Waals surface area (Å²) in [6.07, 6.45) is 0. The summed E-state index contributed by atoms with van der Waals surface area (Å²) < 4.78 is 5.97. The number of furan rings is 1. The normalized spacial score (nSPS) is 10.6. The number of rotatable bonds is 3. The van der Waals surface area contributed by atoms with E-state index < -0.39 is 0 Å². The third-order valence-corrected chi connectivity index (χ3v) is 3.75. The van der Waals surface area contributed by atoms with Crippen molar-refractivity contribution in [3.05, 3.63) is 50.3 Å². The maximum atomic E-state index is 12.3. The number of carbonyl (C=O) groups is 1. The number of nitrogens with two attached hydrogens (primary N) is 1. The van der Waals surface area contributed by atoms with Crippen LogP contribution >= 0.6 is 39.1 Å². The second kappa shape index (κ2) is 6.08. The minimum Gasteiger partial charge on any atom is -0.452 e. The van der Waals surface area contributed by atoms with Crippen LogP contribution in [0, 0.1) is 0 Å². The Kier molecular flexibility index (Phi) is 4.62. The smallest absolute Gasteiger partial charge is 0.254 e. The zero-order chi connectivity index (χ0) is 14.9. The van der Waals surface area contributed by atoms with Gasteiger partial charge in [0.1, 0.15) is 5.76 Å². The number of halogens is 3. The highest BCUT2D eigenvalue weighted by Crippen LogP contribution is 2.29. The van der Waals surface area contributed by atoms with Crippen molar-refractivity contribution in [2.24, 2.45) is 0 Å². The van der Waals surface area contributed by atoms with E-state index >= 15 is 0 Å². The van der Waals surface area contributed by atoms with E-state index in [1.165, 1.54) is 17.0 Å². The lowest BCUT2D eigenvalue weighted by molar-refractivity contribution is 0.0775. The molecular weight excluding hydrogens is 367 g/mol. The fraction of sp³-hybridized carbons (Fsp3) is 0.154. The van der Waals surface area contributed by atoms with Crippen LogP contribution in [0.1, 0.15) is 16.1 Å². The second-order valence-electron chi connectivity index (χ2n) is 4.22. The van der Waals surface area contributed by atoms with Gasteiger partial charge in [-0.05, 0) is 40.2 Å². The Morgan fingerprint density at radius 1 is 1.35 bits per heavy atom. The Hall–Kier alpha value is -1.17. The molecule has 0 spiro atoms. The second-order valence-corrected chi connectivity index (χ2v) is 5.82. The van der Waals surface area contributed by atoms with Gasteiger partial charge in [-0.25, -0.2) is 0 Å². The number of nitrogen functional groups attached to an aromatic ring is 1. The minimum atomic E-state index is -0.221. The molecule has 2 rings (SSSR count). The van der Waals surface area contributed by atoms with Gasteiger partial charge in [0.15, 0.2) is 4.67 Å². The molecule has 0 aliphatic rings. The number of benzene rings is 1. The summed E-state index contributed by atoms with van der Waals surface area (Å²) in [5.41, 5.74) is 6.29. The lowest BCUT2D eigenvalue weighted by Gasteiger charge is -2.16. The van der Waals surface area contributed by atoms with Crippen molar-refractivity contribution in [2.45, 2.75) is 6.54 Å². The van der Waals surface area contributed by atoms with E-state index in [0.717, 1.165) is 0 Å². The van der Waals surface area contributed by atoms with Gasteiger partial charge >= 0.3 is 0 Å². The van der Waals surface area contributed by atoms with E-state index in [9.17, 15) is 4.79 Å². The molecule has 0 aliphatic heterocycles. The monoisotopic (exact) mass is 376 g/mol. The van der Waals surface area contributed by atoms with Crippen molar-refractivity contribution in [2.75, 3.05) is 12.8 Å². The van der Waals surface area contributed by atoms with Crippen molar-refractivity contribution < 1.29 is 9.21 Å². The topological polar surface area (TPSA) is 59.5 Å². The largest absolute Gasteiger partial charge is 0.452 e. The molecule has 0 fully saturated rings. The fourth-order valence-corrected chi connectivity index (χ4v) is 2.50. The fourth-order valence-electron chi connectivity index (χ4n) is 1.67. The summed E-state index contributed by atoms with van der Waals surface area (Å²) in [5.74, 6) is 0.446. The first-order chi connectivity index (χ1) is 9.38. The van der Waals surface area contributed by atoms with Gasteiger partial charge in [-0.15, -0.1) is 0 Å². The van der Waals surface area contributed by atoms with E-state index in [0.29, 0.717) is 22.5 Å². The molecule has 1 aromatic carbocycles. The van der Waals surface area contributed by atoms with Crippen LogP contribution in [0.4, 0.5) is 5.69 Å². The predicted octanol–water partition coefficient (Wildman–Crippen LogP) is 4.20. The number of anilines is 1. The molecule has 0 atom stereocenters. The molecule has 7 heteroatoms. The van der Waals surface area contributed by atoms with Crippen LogP contribution in [-0.2, 0) is 6.54 Å². The first-order valence-electron chi connectivity index (χ1n) is 5.62.